The van der Waals surface area contributed by atoms with E-state index >= 15 is 0 Å². The number of hydrogen-bond donors (Lipinski definition) is 2. The number of rotatable bonds is 4. The number of aliphatic hydroxyl groups is 1. The number of nitrogens with one attached hydrogen (secondary N) is 1. The molecule has 0 aromatic heterocycles. The van der Waals surface area contributed by atoms with Crippen LogP contribution in [0.25, 0.3) is 0 Å². The lowest BCUT2D eigenvalue weighted by atomic mass is 10.2. The molecule has 126 valence electrons. The van der Waals surface area contributed by atoms with Crippen molar-refractivity contribution in [1.82, 2.24) is 10.2 Å². The molecule has 8 heteroatoms. The van der Waals surface area contributed by atoms with Crippen LogP contribution in [-0.4, -0.2) is 65.9 Å². The summed E-state index contributed by atoms with van der Waals surface area (Å²) in [5, 5.41) is 11.7. The predicted octanol–water partition coefficient (Wildman–Crippen LogP) is 0.0360. The number of amides is 2. The van der Waals surface area contributed by atoms with Gasteiger partial charge in [-0.15, -0.1) is 0 Å². The summed E-state index contributed by atoms with van der Waals surface area (Å²) in [5.74, 6) is -1.03. The summed E-state index contributed by atoms with van der Waals surface area (Å²) in [5.41, 5.74) is -0.713. The van der Waals surface area contributed by atoms with Gasteiger partial charge in [0.2, 0.25) is 5.91 Å². The van der Waals surface area contributed by atoms with E-state index in [1.165, 1.54) is 12.0 Å². The third kappa shape index (κ3) is 4.87. The minimum Gasteiger partial charge on any atom is -0.467 e. The number of carbonyl (C=O) groups is 3. The molecule has 1 aliphatic rings. The van der Waals surface area contributed by atoms with Crippen LogP contribution in [0.3, 0.4) is 0 Å². The quantitative estimate of drug-likeness (QED) is 0.709. The van der Waals surface area contributed by atoms with Crippen molar-refractivity contribution in [3.63, 3.8) is 0 Å². The van der Waals surface area contributed by atoms with Crippen molar-refractivity contribution < 1.29 is 29.0 Å². The summed E-state index contributed by atoms with van der Waals surface area (Å²) in [7, 11) is 1.26. The molecule has 0 saturated carbocycles. The molecule has 1 aliphatic heterocycles. The Bertz CT molecular complexity index is 432. The Hall–Kier alpha value is -1.83. The maximum absolute atomic E-state index is 12.4. The summed E-state index contributed by atoms with van der Waals surface area (Å²) >= 11 is 0. The van der Waals surface area contributed by atoms with Gasteiger partial charge in [0, 0.05) is 6.54 Å². The SMILES string of the molecule is COC(=O)C1CCCN1C(=O)C(CO)NC(=O)OC(C)(C)C. The number of nitrogens with zero attached hydrogens (tertiary/aromatic N) is 1. The van der Waals surface area contributed by atoms with Crippen molar-refractivity contribution in [2.24, 2.45) is 0 Å². The second-order valence-electron chi connectivity index (χ2n) is 6.09. The second-order valence-corrected chi connectivity index (χ2v) is 6.09. The van der Waals surface area contributed by atoms with E-state index in [4.69, 9.17) is 4.74 Å². The Balaban J connectivity index is 2.71. The maximum atomic E-state index is 12.4. The van der Waals surface area contributed by atoms with Gasteiger partial charge in [0.1, 0.15) is 17.7 Å². The van der Waals surface area contributed by atoms with E-state index in [-0.39, 0.29) is 0 Å². The molecule has 22 heavy (non-hydrogen) atoms. The maximum Gasteiger partial charge on any atom is 0.408 e. The lowest BCUT2D eigenvalue weighted by molar-refractivity contribution is -0.151. The standard InChI is InChI=1S/C14H24N2O6/c1-14(2,3)22-13(20)15-9(8-17)11(18)16-7-5-6-10(16)12(19)21-4/h9-10,17H,5-8H2,1-4H3,(H,15,20). The first kappa shape index (κ1) is 18.2. The molecule has 2 unspecified atom stereocenters. The van der Waals surface area contributed by atoms with E-state index in [1.807, 2.05) is 0 Å². The highest BCUT2D eigenvalue weighted by molar-refractivity contribution is 5.90. The number of esters is 1. The third-order valence-electron chi connectivity index (χ3n) is 3.18. The molecule has 0 radical (unpaired) electrons. The average molecular weight is 316 g/mol. The van der Waals surface area contributed by atoms with Crippen LogP contribution >= 0.6 is 0 Å². The molecule has 1 heterocycles. The van der Waals surface area contributed by atoms with Crippen LogP contribution in [0.4, 0.5) is 4.79 Å². The second kappa shape index (κ2) is 7.44. The molecule has 0 bridgehead atoms. The topological polar surface area (TPSA) is 105 Å². The van der Waals surface area contributed by atoms with E-state index in [0.29, 0.717) is 19.4 Å². The van der Waals surface area contributed by atoms with E-state index in [2.05, 4.69) is 10.1 Å². The smallest absolute Gasteiger partial charge is 0.408 e. The van der Waals surface area contributed by atoms with Gasteiger partial charge in [0.05, 0.1) is 13.7 Å². The number of ether oxygens (including phenoxy) is 2. The van der Waals surface area contributed by atoms with Crippen molar-refractivity contribution >= 4 is 18.0 Å². The van der Waals surface area contributed by atoms with Crippen molar-refractivity contribution in [3.05, 3.63) is 0 Å². The molecule has 8 nitrogen and oxygen atoms in total. The van der Waals surface area contributed by atoms with E-state index in [9.17, 15) is 19.5 Å². The zero-order valence-electron chi connectivity index (χ0n) is 13.4. The molecule has 1 rings (SSSR count). The number of hydrogen-bond acceptors (Lipinski definition) is 6. The van der Waals surface area contributed by atoms with Crippen molar-refractivity contribution in [2.75, 3.05) is 20.3 Å². The molecular formula is C14H24N2O6. The van der Waals surface area contributed by atoms with Crippen LogP contribution in [0.2, 0.25) is 0 Å². The van der Waals surface area contributed by atoms with Gasteiger partial charge in [0.25, 0.3) is 0 Å². The summed E-state index contributed by atoms with van der Waals surface area (Å²) in [6.07, 6.45) is 0.368. The highest BCUT2D eigenvalue weighted by Crippen LogP contribution is 2.19. The molecule has 2 atom stereocenters. The number of aliphatic hydroxyl groups excluding tert-OH is 1. The van der Waals surface area contributed by atoms with Crippen LogP contribution < -0.4 is 5.32 Å². The van der Waals surface area contributed by atoms with Gasteiger partial charge in [-0.25, -0.2) is 9.59 Å². The van der Waals surface area contributed by atoms with Gasteiger partial charge in [-0.1, -0.05) is 0 Å². The highest BCUT2D eigenvalue weighted by Gasteiger charge is 2.38. The van der Waals surface area contributed by atoms with E-state index in [0.717, 1.165) is 0 Å². The zero-order chi connectivity index (χ0) is 16.9. The van der Waals surface area contributed by atoms with Gasteiger partial charge < -0.3 is 24.8 Å². The minimum atomic E-state index is -1.15. The van der Waals surface area contributed by atoms with Crippen LogP contribution in [0.15, 0.2) is 0 Å². The predicted molar refractivity (Wildman–Crippen MR) is 77.0 cm³/mol. The Labute approximate surface area is 129 Å². The normalized spacial score (nSPS) is 19.5. The highest BCUT2D eigenvalue weighted by atomic mass is 16.6. The lowest BCUT2D eigenvalue weighted by Gasteiger charge is -2.28. The van der Waals surface area contributed by atoms with Crippen molar-refractivity contribution in [2.45, 2.75) is 51.3 Å². The summed E-state index contributed by atoms with van der Waals surface area (Å²) in [4.78, 5) is 37.1. The monoisotopic (exact) mass is 316 g/mol. The Morgan fingerprint density at radius 3 is 2.50 bits per heavy atom. The molecule has 1 saturated heterocycles. The van der Waals surface area contributed by atoms with Crippen LogP contribution in [-0.2, 0) is 19.1 Å². The number of carbonyl (C=O) groups excluding carboxylic acids is 3. The summed E-state index contributed by atoms with van der Waals surface area (Å²) < 4.78 is 9.72. The lowest BCUT2D eigenvalue weighted by Crippen LogP contribution is -2.54. The Kier molecular flexibility index (Phi) is 6.16. The summed E-state index contributed by atoms with van der Waals surface area (Å²) in [6, 6.07) is -1.83. The third-order valence-corrected chi connectivity index (χ3v) is 3.18. The van der Waals surface area contributed by atoms with Gasteiger partial charge in [-0.3, -0.25) is 4.79 Å². The van der Waals surface area contributed by atoms with Crippen molar-refractivity contribution in [1.29, 1.82) is 0 Å². The molecule has 1 fully saturated rings. The van der Waals surface area contributed by atoms with E-state index in [1.54, 1.807) is 20.8 Å². The van der Waals surface area contributed by atoms with Gasteiger partial charge in [-0.2, -0.15) is 0 Å². The van der Waals surface area contributed by atoms with Gasteiger partial charge >= 0.3 is 12.1 Å². The largest absolute Gasteiger partial charge is 0.467 e. The first-order chi connectivity index (χ1) is 10.2. The number of likely N-dealkylation sites (tertiary alicyclic amines) is 1. The zero-order valence-corrected chi connectivity index (χ0v) is 13.4. The van der Waals surface area contributed by atoms with Crippen LogP contribution in [0.1, 0.15) is 33.6 Å². The molecule has 2 amide bonds. The average Bonchev–Trinajstić information content (AvgIpc) is 2.90. The fourth-order valence-electron chi connectivity index (χ4n) is 2.25. The molecule has 0 aliphatic carbocycles. The fourth-order valence-corrected chi connectivity index (χ4v) is 2.25. The van der Waals surface area contributed by atoms with Gasteiger partial charge in [-0.05, 0) is 33.6 Å². The minimum absolute atomic E-state index is 0.380. The van der Waals surface area contributed by atoms with Gasteiger partial charge in [0.15, 0.2) is 0 Å². The van der Waals surface area contributed by atoms with E-state index < -0.39 is 42.3 Å². The number of methoxy groups -OCH3 is 1. The van der Waals surface area contributed by atoms with Crippen LogP contribution in [0.5, 0.6) is 0 Å². The number of alkyl carbamates (subject to hydrolysis) is 1. The fraction of sp³-hybridized carbons (Fsp3) is 0.786. The molecule has 0 aromatic carbocycles. The van der Waals surface area contributed by atoms with Crippen molar-refractivity contribution in [3.8, 4) is 0 Å². The molecule has 0 aromatic rings. The molecule has 0 spiro atoms. The van der Waals surface area contributed by atoms with Crippen LogP contribution in [0, 0.1) is 0 Å². The molecular weight excluding hydrogens is 292 g/mol. The summed E-state index contributed by atoms with van der Waals surface area (Å²) in [6.45, 7) is 4.87. The first-order valence-corrected chi connectivity index (χ1v) is 7.18. The Morgan fingerprint density at radius 1 is 1.36 bits per heavy atom. The molecule has 2 N–H and O–H groups in total. The Morgan fingerprint density at radius 2 is 2.00 bits per heavy atom. The first-order valence-electron chi connectivity index (χ1n) is 7.18.